The maximum absolute atomic E-state index is 11.6. The molecule has 0 aliphatic carbocycles. The number of hydrogen-bond acceptors (Lipinski definition) is 5. The second-order valence-electron chi connectivity index (χ2n) is 4.48. The van der Waals surface area contributed by atoms with Crippen LogP contribution >= 0.6 is 0 Å². The van der Waals surface area contributed by atoms with Crippen molar-refractivity contribution < 1.29 is 14.8 Å². The van der Waals surface area contributed by atoms with Gasteiger partial charge in [0.2, 0.25) is 11.8 Å². The number of rotatable bonds is 8. The SMILES string of the molecule is O=C(CCCCCCC(=O)Nc1c[nH]c(=O)[nH]c1=O)NO. The van der Waals surface area contributed by atoms with Crippen molar-refractivity contribution in [2.45, 2.75) is 38.5 Å². The van der Waals surface area contributed by atoms with E-state index in [0.717, 1.165) is 19.0 Å². The van der Waals surface area contributed by atoms with Crippen molar-refractivity contribution in [3.05, 3.63) is 27.0 Å². The quantitative estimate of drug-likeness (QED) is 0.257. The Hall–Kier alpha value is -2.42. The predicted molar refractivity (Wildman–Crippen MR) is 73.9 cm³/mol. The molecule has 21 heavy (non-hydrogen) atoms. The summed E-state index contributed by atoms with van der Waals surface area (Å²) in [6.45, 7) is 0. The van der Waals surface area contributed by atoms with E-state index in [-0.39, 0.29) is 24.4 Å². The average molecular weight is 298 g/mol. The number of unbranched alkanes of at least 4 members (excludes halogenated alkanes) is 3. The number of amides is 2. The molecule has 1 aromatic heterocycles. The number of carbonyl (C=O) groups is 2. The molecular formula is C12H18N4O5. The Morgan fingerprint density at radius 1 is 1.05 bits per heavy atom. The summed E-state index contributed by atoms with van der Waals surface area (Å²) in [6.07, 6.45) is 4.41. The zero-order valence-corrected chi connectivity index (χ0v) is 11.4. The van der Waals surface area contributed by atoms with Crippen LogP contribution in [0.25, 0.3) is 0 Å². The summed E-state index contributed by atoms with van der Waals surface area (Å²) in [5.74, 6) is -0.745. The number of aromatic nitrogens is 2. The van der Waals surface area contributed by atoms with Crippen molar-refractivity contribution >= 4 is 17.5 Å². The summed E-state index contributed by atoms with van der Waals surface area (Å²) in [6, 6.07) is 0. The molecule has 1 heterocycles. The van der Waals surface area contributed by atoms with Gasteiger partial charge in [-0.25, -0.2) is 10.3 Å². The largest absolute Gasteiger partial charge is 0.325 e. The fraction of sp³-hybridized carbons (Fsp3) is 0.500. The molecule has 0 aliphatic rings. The number of carbonyl (C=O) groups excluding carboxylic acids is 2. The van der Waals surface area contributed by atoms with Gasteiger partial charge in [0, 0.05) is 19.0 Å². The molecule has 9 heteroatoms. The first-order chi connectivity index (χ1) is 10.0. The highest BCUT2D eigenvalue weighted by Gasteiger charge is 2.06. The first-order valence-electron chi connectivity index (χ1n) is 6.57. The molecule has 0 atom stereocenters. The van der Waals surface area contributed by atoms with E-state index in [1.54, 1.807) is 5.48 Å². The van der Waals surface area contributed by atoms with Crippen molar-refractivity contribution in [3.63, 3.8) is 0 Å². The monoisotopic (exact) mass is 298 g/mol. The number of anilines is 1. The highest BCUT2D eigenvalue weighted by Crippen LogP contribution is 2.06. The molecule has 0 saturated heterocycles. The van der Waals surface area contributed by atoms with E-state index in [4.69, 9.17) is 5.21 Å². The molecule has 1 aromatic rings. The molecule has 0 saturated carbocycles. The summed E-state index contributed by atoms with van der Waals surface area (Å²) in [4.78, 5) is 48.7. The Labute approximate surface area is 119 Å². The second kappa shape index (κ2) is 8.69. The Balaban J connectivity index is 2.21. The average Bonchev–Trinajstić information content (AvgIpc) is 2.45. The predicted octanol–water partition coefficient (Wildman–Crippen LogP) is -0.152. The van der Waals surface area contributed by atoms with E-state index in [2.05, 4.69) is 10.3 Å². The molecule has 0 aliphatic heterocycles. The molecule has 0 aromatic carbocycles. The third-order valence-electron chi connectivity index (χ3n) is 2.78. The fourth-order valence-corrected chi connectivity index (χ4v) is 1.70. The van der Waals surface area contributed by atoms with E-state index in [1.807, 2.05) is 4.98 Å². The van der Waals surface area contributed by atoms with Gasteiger partial charge < -0.3 is 10.3 Å². The highest BCUT2D eigenvalue weighted by atomic mass is 16.5. The molecule has 5 N–H and O–H groups in total. The summed E-state index contributed by atoms with van der Waals surface area (Å²) in [5, 5.41) is 10.7. The van der Waals surface area contributed by atoms with Crippen LogP contribution in [0.15, 0.2) is 15.8 Å². The maximum atomic E-state index is 11.6. The van der Waals surface area contributed by atoms with Crippen LogP contribution in [-0.4, -0.2) is 27.0 Å². The standard InChI is InChI=1S/C12H18N4O5/c17-9(5-3-1-2-4-6-10(18)16-21)14-8-7-13-12(20)15-11(8)19/h7,21H,1-6H2,(H,14,17)(H,16,18)(H2,13,15,19,20). The van der Waals surface area contributed by atoms with Crippen LogP contribution in [0.2, 0.25) is 0 Å². The molecule has 0 bridgehead atoms. The van der Waals surface area contributed by atoms with Gasteiger partial charge in [-0.3, -0.25) is 24.6 Å². The molecule has 0 unspecified atom stereocenters. The van der Waals surface area contributed by atoms with E-state index >= 15 is 0 Å². The van der Waals surface area contributed by atoms with Gasteiger partial charge >= 0.3 is 5.69 Å². The maximum Gasteiger partial charge on any atom is 0.325 e. The second-order valence-corrected chi connectivity index (χ2v) is 4.48. The lowest BCUT2D eigenvalue weighted by Gasteiger charge is -2.04. The van der Waals surface area contributed by atoms with E-state index in [9.17, 15) is 19.2 Å². The zero-order valence-electron chi connectivity index (χ0n) is 11.4. The molecule has 0 radical (unpaired) electrons. The smallest absolute Gasteiger partial charge is 0.320 e. The first-order valence-corrected chi connectivity index (χ1v) is 6.57. The third-order valence-corrected chi connectivity index (χ3v) is 2.78. The Morgan fingerprint density at radius 3 is 2.24 bits per heavy atom. The molecule has 1 rings (SSSR count). The van der Waals surface area contributed by atoms with Crippen molar-refractivity contribution in [1.82, 2.24) is 15.4 Å². The van der Waals surface area contributed by atoms with E-state index < -0.39 is 17.2 Å². The van der Waals surface area contributed by atoms with Crippen LogP contribution < -0.4 is 22.0 Å². The molecule has 2 amide bonds. The summed E-state index contributed by atoms with van der Waals surface area (Å²) >= 11 is 0. The van der Waals surface area contributed by atoms with Crippen molar-refractivity contribution in [1.29, 1.82) is 0 Å². The van der Waals surface area contributed by atoms with Crippen molar-refractivity contribution in [3.8, 4) is 0 Å². The van der Waals surface area contributed by atoms with Gasteiger partial charge in [0.1, 0.15) is 5.69 Å². The first kappa shape index (κ1) is 16.6. The van der Waals surface area contributed by atoms with Crippen molar-refractivity contribution in [2.75, 3.05) is 5.32 Å². The van der Waals surface area contributed by atoms with Gasteiger partial charge in [0.25, 0.3) is 5.56 Å². The summed E-state index contributed by atoms with van der Waals surface area (Å²) in [5.41, 5.74) is 0.264. The van der Waals surface area contributed by atoms with E-state index in [0.29, 0.717) is 12.8 Å². The lowest BCUT2D eigenvalue weighted by atomic mass is 10.1. The van der Waals surface area contributed by atoms with Gasteiger partial charge in [-0.1, -0.05) is 12.8 Å². The third kappa shape index (κ3) is 6.52. The fourth-order valence-electron chi connectivity index (χ4n) is 1.70. The zero-order chi connectivity index (χ0) is 15.7. The van der Waals surface area contributed by atoms with Crippen LogP contribution in [0, 0.1) is 0 Å². The lowest BCUT2D eigenvalue weighted by molar-refractivity contribution is -0.129. The number of hydrogen-bond donors (Lipinski definition) is 5. The molecule has 116 valence electrons. The number of hydroxylamine groups is 1. The van der Waals surface area contributed by atoms with Gasteiger partial charge in [0.15, 0.2) is 0 Å². The number of nitrogens with one attached hydrogen (secondary N) is 4. The summed E-state index contributed by atoms with van der Waals surface area (Å²) in [7, 11) is 0. The van der Waals surface area contributed by atoms with Crippen LogP contribution in [0.5, 0.6) is 0 Å². The van der Waals surface area contributed by atoms with Crippen LogP contribution in [0.1, 0.15) is 38.5 Å². The number of aromatic amines is 2. The molecule has 0 fully saturated rings. The minimum absolute atomic E-state index is 0.000725. The normalized spacial score (nSPS) is 10.1. The van der Waals surface area contributed by atoms with Crippen LogP contribution in [-0.2, 0) is 9.59 Å². The van der Waals surface area contributed by atoms with Gasteiger partial charge in [0.05, 0.1) is 0 Å². The van der Waals surface area contributed by atoms with Crippen LogP contribution in [0.3, 0.4) is 0 Å². The van der Waals surface area contributed by atoms with Crippen molar-refractivity contribution in [2.24, 2.45) is 0 Å². The molecule has 9 nitrogen and oxygen atoms in total. The molecule has 0 spiro atoms. The Kier molecular flexibility index (Phi) is 6.88. The summed E-state index contributed by atoms with van der Waals surface area (Å²) < 4.78 is 0. The minimum atomic E-state index is -0.651. The van der Waals surface area contributed by atoms with E-state index in [1.165, 1.54) is 0 Å². The lowest BCUT2D eigenvalue weighted by Crippen LogP contribution is -2.26. The topological polar surface area (TPSA) is 144 Å². The Bertz CT molecular complexity index is 592. The highest BCUT2D eigenvalue weighted by molar-refractivity contribution is 5.90. The number of H-pyrrole nitrogens is 2. The van der Waals surface area contributed by atoms with Gasteiger partial charge in [-0.15, -0.1) is 0 Å². The van der Waals surface area contributed by atoms with Crippen LogP contribution in [0.4, 0.5) is 5.69 Å². The van der Waals surface area contributed by atoms with Gasteiger partial charge in [-0.2, -0.15) is 0 Å². The molecular weight excluding hydrogens is 280 g/mol. The minimum Gasteiger partial charge on any atom is -0.320 e. The van der Waals surface area contributed by atoms with Gasteiger partial charge in [-0.05, 0) is 12.8 Å². The Morgan fingerprint density at radius 2 is 1.67 bits per heavy atom.